The average Bonchev–Trinajstić information content (AvgIpc) is 2.76. The van der Waals surface area contributed by atoms with Crippen LogP contribution in [0.5, 0.6) is 0 Å². The van der Waals surface area contributed by atoms with Crippen LogP contribution in [0.3, 0.4) is 0 Å². The Hall–Kier alpha value is -0.770. The lowest BCUT2D eigenvalue weighted by molar-refractivity contribution is -0.144. The van der Waals surface area contributed by atoms with Gasteiger partial charge in [0, 0.05) is 18.7 Å². The van der Waals surface area contributed by atoms with Gasteiger partial charge in [0.2, 0.25) is 0 Å². The number of hydrogen-bond acceptors (Lipinski definition) is 4. The van der Waals surface area contributed by atoms with E-state index < -0.39 is 0 Å². The molecule has 0 aromatic carbocycles. The first-order valence-electron chi connectivity index (χ1n) is 13.1. The maximum atomic E-state index is 11.7. The fourth-order valence-electron chi connectivity index (χ4n) is 3.55. The van der Waals surface area contributed by atoms with Gasteiger partial charge < -0.3 is 9.47 Å². The predicted molar refractivity (Wildman–Crippen MR) is 131 cm³/mol. The van der Waals surface area contributed by atoms with Crippen LogP contribution >= 0.6 is 11.6 Å². The minimum Gasteiger partial charge on any atom is -0.466 e. The molecule has 0 aromatic rings. The molecular weight excluding hydrogens is 412 g/mol. The summed E-state index contributed by atoms with van der Waals surface area (Å²) in [6, 6.07) is 0. The van der Waals surface area contributed by atoms with Crippen molar-refractivity contribution < 1.29 is 19.1 Å². The average molecular weight is 461 g/mol. The van der Waals surface area contributed by atoms with Crippen LogP contribution in [0.1, 0.15) is 135 Å². The summed E-state index contributed by atoms with van der Waals surface area (Å²) in [5.74, 6) is 0.673. The zero-order chi connectivity index (χ0) is 22.8. The molecule has 0 heterocycles. The van der Waals surface area contributed by atoms with Crippen molar-refractivity contribution in [2.45, 2.75) is 135 Å². The van der Waals surface area contributed by atoms with Crippen LogP contribution in [0.25, 0.3) is 0 Å². The van der Waals surface area contributed by atoms with E-state index in [2.05, 4.69) is 6.92 Å². The maximum Gasteiger partial charge on any atom is 0.305 e. The molecular formula is C26H49ClO4. The van der Waals surface area contributed by atoms with Gasteiger partial charge in [-0.1, -0.05) is 90.4 Å². The Labute approximate surface area is 197 Å². The van der Waals surface area contributed by atoms with Gasteiger partial charge in [0.05, 0.1) is 13.2 Å². The summed E-state index contributed by atoms with van der Waals surface area (Å²) in [6.07, 6.45) is 21.4. The van der Waals surface area contributed by atoms with Crippen LogP contribution in [0.2, 0.25) is 0 Å². The van der Waals surface area contributed by atoms with Crippen LogP contribution in [0.15, 0.2) is 0 Å². The normalized spacial score (nSPS) is 10.9. The lowest BCUT2D eigenvalue weighted by atomic mass is 10.1. The van der Waals surface area contributed by atoms with Crippen LogP contribution in [0, 0.1) is 0 Å². The van der Waals surface area contributed by atoms with Gasteiger partial charge in [-0.05, 0) is 32.1 Å². The SMILES string of the molecule is CCCCCCOC(=O)CCCCCCCCC(=O)OCCCCCCCCCCCl. The molecule has 4 nitrogen and oxygen atoms in total. The van der Waals surface area contributed by atoms with E-state index >= 15 is 0 Å². The molecule has 0 bridgehead atoms. The van der Waals surface area contributed by atoms with Crippen molar-refractivity contribution in [1.82, 2.24) is 0 Å². The summed E-state index contributed by atoms with van der Waals surface area (Å²) in [4.78, 5) is 23.4. The van der Waals surface area contributed by atoms with Crippen LogP contribution < -0.4 is 0 Å². The van der Waals surface area contributed by atoms with Gasteiger partial charge in [-0.2, -0.15) is 0 Å². The Morgan fingerprint density at radius 1 is 0.516 bits per heavy atom. The third-order valence-electron chi connectivity index (χ3n) is 5.56. The highest BCUT2D eigenvalue weighted by atomic mass is 35.5. The van der Waals surface area contributed by atoms with Gasteiger partial charge in [-0.3, -0.25) is 9.59 Å². The smallest absolute Gasteiger partial charge is 0.305 e. The molecule has 0 aliphatic heterocycles. The van der Waals surface area contributed by atoms with E-state index in [0.29, 0.717) is 26.1 Å². The number of halogens is 1. The maximum absolute atomic E-state index is 11.7. The molecule has 0 radical (unpaired) electrons. The topological polar surface area (TPSA) is 52.6 Å². The lowest BCUT2D eigenvalue weighted by Crippen LogP contribution is -2.06. The Kier molecular flexibility index (Phi) is 24.9. The van der Waals surface area contributed by atoms with Crippen LogP contribution in [0.4, 0.5) is 0 Å². The summed E-state index contributed by atoms with van der Waals surface area (Å²) in [5.41, 5.74) is 0. The molecule has 184 valence electrons. The van der Waals surface area contributed by atoms with Gasteiger partial charge in [-0.15, -0.1) is 11.6 Å². The van der Waals surface area contributed by atoms with Gasteiger partial charge in [0.15, 0.2) is 0 Å². The summed E-state index contributed by atoms with van der Waals surface area (Å²) < 4.78 is 10.6. The van der Waals surface area contributed by atoms with Gasteiger partial charge in [0.1, 0.15) is 0 Å². The van der Waals surface area contributed by atoms with E-state index in [9.17, 15) is 9.59 Å². The molecule has 0 atom stereocenters. The molecule has 0 saturated carbocycles. The Morgan fingerprint density at radius 2 is 0.871 bits per heavy atom. The third-order valence-corrected chi connectivity index (χ3v) is 5.83. The third kappa shape index (κ3) is 25.4. The molecule has 0 fully saturated rings. The summed E-state index contributed by atoms with van der Waals surface area (Å²) in [6.45, 7) is 3.32. The molecule has 0 amide bonds. The highest BCUT2D eigenvalue weighted by Crippen LogP contribution is 2.11. The number of carbonyl (C=O) groups is 2. The van der Waals surface area contributed by atoms with Crippen molar-refractivity contribution in [3.63, 3.8) is 0 Å². The zero-order valence-electron chi connectivity index (χ0n) is 20.3. The molecule has 5 heteroatoms. The molecule has 0 rings (SSSR count). The molecule has 0 saturated heterocycles. The summed E-state index contributed by atoms with van der Waals surface area (Å²) >= 11 is 5.67. The fourth-order valence-corrected chi connectivity index (χ4v) is 3.74. The number of ether oxygens (including phenoxy) is 2. The molecule has 0 N–H and O–H groups in total. The molecule has 0 aliphatic rings. The number of carbonyl (C=O) groups excluding carboxylic acids is 2. The number of rotatable bonds is 24. The van der Waals surface area contributed by atoms with Gasteiger partial charge in [-0.25, -0.2) is 0 Å². The van der Waals surface area contributed by atoms with Gasteiger partial charge in [0.25, 0.3) is 0 Å². The summed E-state index contributed by atoms with van der Waals surface area (Å²) in [7, 11) is 0. The molecule has 0 spiro atoms. The second-order valence-corrected chi connectivity index (χ2v) is 9.02. The van der Waals surface area contributed by atoms with Crippen LogP contribution in [-0.2, 0) is 19.1 Å². The van der Waals surface area contributed by atoms with Crippen molar-refractivity contribution in [2.75, 3.05) is 19.1 Å². The van der Waals surface area contributed by atoms with E-state index in [1.54, 1.807) is 0 Å². The Balaban J connectivity index is 3.24. The lowest BCUT2D eigenvalue weighted by Gasteiger charge is -2.06. The monoisotopic (exact) mass is 460 g/mol. The number of hydrogen-bond donors (Lipinski definition) is 0. The van der Waals surface area contributed by atoms with E-state index in [-0.39, 0.29) is 11.9 Å². The predicted octanol–water partition coefficient (Wildman–Crippen LogP) is 8.13. The minimum atomic E-state index is -0.0542. The van der Waals surface area contributed by atoms with Gasteiger partial charge >= 0.3 is 11.9 Å². The highest BCUT2D eigenvalue weighted by Gasteiger charge is 2.04. The highest BCUT2D eigenvalue weighted by molar-refractivity contribution is 6.17. The van der Waals surface area contributed by atoms with E-state index in [1.807, 2.05) is 0 Å². The Morgan fingerprint density at radius 3 is 1.29 bits per heavy atom. The van der Waals surface area contributed by atoms with E-state index in [0.717, 1.165) is 76.5 Å². The number of esters is 2. The standard InChI is InChI=1S/C26H49ClO4/c1-2-3-4-18-23-30-25(28)20-15-11-7-8-12-16-21-26(29)31-24-19-14-10-6-5-9-13-17-22-27/h2-24H2,1H3. The van der Waals surface area contributed by atoms with E-state index in [4.69, 9.17) is 21.1 Å². The largest absolute Gasteiger partial charge is 0.466 e. The Bertz CT molecular complexity index is 401. The van der Waals surface area contributed by atoms with Crippen molar-refractivity contribution in [3.8, 4) is 0 Å². The second-order valence-electron chi connectivity index (χ2n) is 8.64. The van der Waals surface area contributed by atoms with Crippen molar-refractivity contribution in [3.05, 3.63) is 0 Å². The van der Waals surface area contributed by atoms with E-state index in [1.165, 1.54) is 44.9 Å². The molecule has 0 aromatic heterocycles. The van der Waals surface area contributed by atoms with Crippen molar-refractivity contribution in [1.29, 1.82) is 0 Å². The minimum absolute atomic E-state index is 0.0530. The number of alkyl halides is 1. The molecule has 0 unspecified atom stereocenters. The first kappa shape index (κ1) is 30.2. The van der Waals surface area contributed by atoms with Crippen molar-refractivity contribution >= 4 is 23.5 Å². The molecule has 0 aliphatic carbocycles. The quantitative estimate of drug-likeness (QED) is 0.0828. The number of unbranched alkanes of at least 4 members (excludes halogenated alkanes) is 15. The zero-order valence-corrected chi connectivity index (χ0v) is 21.0. The second kappa shape index (κ2) is 25.5. The first-order valence-corrected chi connectivity index (χ1v) is 13.6. The summed E-state index contributed by atoms with van der Waals surface area (Å²) in [5, 5.41) is 0. The van der Waals surface area contributed by atoms with Crippen molar-refractivity contribution in [2.24, 2.45) is 0 Å². The fraction of sp³-hybridized carbons (Fsp3) is 0.923. The van der Waals surface area contributed by atoms with Crippen LogP contribution in [-0.4, -0.2) is 31.0 Å². The molecule has 31 heavy (non-hydrogen) atoms. The first-order chi connectivity index (χ1) is 15.2.